The van der Waals surface area contributed by atoms with Gasteiger partial charge in [0.2, 0.25) is 5.89 Å². The maximum atomic E-state index is 6.82. The molecule has 6 nitrogen and oxygen atoms in total. The molecule has 262 valence electrons. The minimum Gasteiger partial charge on any atom is -0.436 e. The van der Waals surface area contributed by atoms with Crippen LogP contribution in [0, 0.1) is 0 Å². The van der Waals surface area contributed by atoms with Crippen molar-refractivity contribution < 1.29 is 4.42 Å². The molecule has 0 aliphatic carbocycles. The molecule has 6 heteroatoms. The van der Waals surface area contributed by atoms with E-state index in [0.29, 0.717) is 11.5 Å². The fraction of sp³-hybridized carbons (Fsp3) is 0. The molecule has 12 aromatic rings. The molecule has 0 unspecified atom stereocenters. The van der Waals surface area contributed by atoms with Crippen LogP contribution in [0.1, 0.15) is 0 Å². The minimum atomic E-state index is 0.562. The highest BCUT2D eigenvalue weighted by molar-refractivity contribution is 6.11. The van der Waals surface area contributed by atoms with E-state index in [4.69, 9.17) is 14.4 Å². The first kappa shape index (κ1) is 30.7. The third-order valence-electron chi connectivity index (χ3n) is 11.1. The molecule has 0 aliphatic heterocycles. The number of oxazole rings is 1. The Morgan fingerprint density at radius 3 is 1.50 bits per heavy atom. The number of para-hydroxylation sites is 6. The summed E-state index contributed by atoms with van der Waals surface area (Å²) in [5, 5.41) is 4.81. The van der Waals surface area contributed by atoms with Crippen molar-refractivity contribution in [2.45, 2.75) is 0 Å². The Bertz CT molecular complexity index is 3370. The van der Waals surface area contributed by atoms with Crippen LogP contribution in [0.5, 0.6) is 0 Å². The molecule has 0 spiro atoms. The summed E-state index contributed by atoms with van der Waals surface area (Å²) in [6.45, 7) is 0. The molecule has 56 heavy (non-hydrogen) atoms. The predicted octanol–water partition coefficient (Wildman–Crippen LogP) is 12.7. The van der Waals surface area contributed by atoms with Gasteiger partial charge in [-0.15, -0.1) is 0 Å². The molecular formula is C50H31N5O. The molecule has 0 N–H and O–H groups in total. The van der Waals surface area contributed by atoms with Crippen LogP contribution < -0.4 is 0 Å². The van der Waals surface area contributed by atoms with Crippen LogP contribution in [0.2, 0.25) is 0 Å². The van der Waals surface area contributed by atoms with Crippen molar-refractivity contribution in [1.82, 2.24) is 23.7 Å². The van der Waals surface area contributed by atoms with Crippen LogP contribution in [0.25, 0.3) is 106 Å². The molecule has 0 bridgehead atoms. The van der Waals surface area contributed by atoms with Gasteiger partial charge in [0.05, 0.1) is 44.5 Å². The quantitative estimate of drug-likeness (QED) is 0.178. The molecule has 0 atom stereocenters. The van der Waals surface area contributed by atoms with E-state index < -0.39 is 0 Å². The first-order valence-electron chi connectivity index (χ1n) is 18.8. The van der Waals surface area contributed by atoms with Gasteiger partial charge in [0.25, 0.3) is 0 Å². The monoisotopic (exact) mass is 717 g/mol. The van der Waals surface area contributed by atoms with E-state index in [1.807, 2.05) is 12.1 Å². The van der Waals surface area contributed by atoms with E-state index >= 15 is 0 Å². The van der Waals surface area contributed by atoms with Crippen molar-refractivity contribution in [2.75, 3.05) is 0 Å². The standard InChI is InChI=1S/C50H31N5O/c1-2-14-32(15-3-1)49-51-40-20-8-13-25-45(40)54(49)34-28-26-33(27-29-34)50-52-48-46(55-43-23-11-6-18-38(43)39-19-7-12-24-44(39)55)30-35(31-47(48)56-50)53-41-21-9-4-16-36(41)37-17-5-10-22-42(37)53/h1-31H. The summed E-state index contributed by atoms with van der Waals surface area (Å²) >= 11 is 0. The van der Waals surface area contributed by atoms with Crippen molar-refractivity contribution in [1.29, 1.82) is 0 Å². The second kappa shape index (κ2) is 11.9. The molecule has 4 aromatic heterocycles. The second-order valence-corrected chi connectivity index (χ2v) is 14.2. The minimum absolute atomic E-state index is 0.562. The molecule has 0 fully saturated rings. The zero-order chi connectivity index (χ0) is 36.7. The number of hydrogen-bond acceptors (Lipinski definition) is 3. The normalized spacial score (nSPS) is 11.9. The number of benzene rings is 8. The lowest BCUT2D eigenvalue weighted by atomic mass is 10.1. The highest BCUT2D eigenvalue weighted by Gasteiger charge is 2.22. The van der Waals surface area contributed by atoms with E-state index in [9.17, 15) is 0 Å². The molecule has 4 heterocycles. The van der Waals surface area contributed by atoms with Gasteiger partial charge in [-0.1, -0.05) is 115 Å². The SMILES string of the molecule is c1ccc(-c2nc3ccccc3n2-c2ccc(-c3nc4c(-n5c6ccccc6c6ccccc65)cc(-n5c6ccccc6c6ccccc65)cc4o3)cc2)cc1. The first-order chi connectivity index (χ1) is 27.8. The van der Waals surface area contributed by atoms with E-state index in [-0.39, 0.29) is 0 Å². The molecular weight excluding hydrogens is 687 g/mol. The zero-order valence-electron chi connectivity index (χ0n) is 30.0. The number of nitrogens with zero attached hydrogens (tertiary/aromatic N) is 5. The lowest BCUT2D eigenvalue weighted by molar-refractivity contribution is 0.619. The van der Waals surface area contributed by atoms with Gasteiger partial charge < -0.3 is 13.6 Å². The number of hydrogen-bond donors (Lipinski definition) is 0. The molecule has 12 rings (SSSR count). The fourth-order valence-electron chi connectivity index (χ4n) is 8.62. The van der Waals surface area contributed by atoms with Crippen molar-refractivity contribution in [3.05, 3.63) is 188 Å². The van der Waals surface area contributed by atoms with Crippen LogP contribution >= 0.6 is 0 Å². The molecule has 0 radical (unpaired) electrons. The Hall–Kier alpha value is -7.70. The van der Waals surface area contributed by atoms with Crippen molar-refractivity contribution >= 4 is 65.7 Å². The smallest absolute Gasteiger partial charge is 0.227 e. The number of imidazole rings is 1. The largest absolute Gasteiger partial charge is 0.436 e. The van der Waals surface area contributed by atoms with Crippen LogP contribution in [0.4, 0.5) is 0 Å². The van der Waals surface area contributed by atoms with Gasteiger partial charge in [0.1, 0.15) is 11.3 Å². The first-order valence-corrected chi connectivity index (χ1v) is 18.8. The van der Waals surface area contributed by atoms with E-state index in [0.717, 1.165) is 72.6 Å². The summed E-state index contributed by atoms with van der Waals surface area (Å²) in [4.78, 5) is 10.3. The Kier molecular flexibility index (Phi) is 6.53. The molecule has 0 saturated carbocycles. The van der Waals surface area contributed by atoms with Gasteiger partial charge in [-0.3, -0.25) is 4.57 Å². The summed E-state index contributed by atoms with van der Waals surface area (Å²) in [5.41, 5.74) is 12.9. The molecule has 0 amide bonds. The van der Waals surface area contributed by atoms with Crippen molar-refractivity contribution in [3.8, 4) is 39.9 Å². The van der Waals surface area contributed by atoms with Crippen LogP contribution in [-0.4, -0.2) is 23.7 Å². The summed E-state index contributed by atoms with van der Waals surface area (Å²) in [6.07, 6.45) is 0. The lowest BCUT2D eigenvalue weighted by Crippen LogP contribution is -2.00. The average molecular weight is 718 g/mol. The summed E-state index contributed by atoms with van der Waals surface area (Å²) < 4.78 is 13.7. The van der Waals surface area contributed by atoms with Gasteiger partial charge in [0.15, 0.2) is 5.58 Å². The van der Waals surface area contributed by atoms with Crippen LogP contribution in [0.3, 0.4) is 0 Å². The Morgan fingerprint density at radius 2 is 0.893 bits per heavy atom. The maximum Gasteiger partial charge on any atom is 0.227 e. The third kappa shape index (κ3) is 4.50. The summed E-state index contributed by atoms with van der Waals surface area (Å²) in [5.74, 6) is 1.46. The van der Waals surface area contributed by atoms with Crippen molar-refractivity contribution in [3.63, 3.8) is 0 Å². The van der Waals surface area contributed by atoms with Gasteiger partial charge >= 0.3 is 0 Å². The van der Waals surface area contributed by atoms with E-state index in [1.54, 1.807) is 0 Å². The van der Waals surface area contributed by atoms with Gasteiger partial charge in [-0.05, 0) is 66.7 Å². The highest BCUT2D eigenvalue weighted by Crippen LogP contribution is 2.40. The van der Waals surface area contributed by atoms with E-state index in [2.05, 4.69) is 190 Å². The Labute approximate surface area is 320 Å². The number of fused-ring (bicyclic) bond motifs is 8. The lowest BCUT2D eigenvalue weighted by Gasteiger charge is -2.13. The zero-order valence-corrected chi connectivity index (χ0v) is 30.0. The molecule has 0 saturated heterocycles. The fourth-order valence-corrected chi connectivity index (χ4v) is 8.62. The second-order valence-electron chi connectivity index (χ2n) is 14.2. The topological polar surface area (TPSA) is 53.7 Å². The summed E-state index contributed by atoms with van der Waals surface area (Å²) in [7, 11) is 0. The van der Waals surface area contributed by atoms with Gasteiger partial charge in [-0.25, -0.2) is 9.97 Å². The number of aromatic nitrogens is 5. The van der Waals surface area contributed by atoms with Gasteiger partial charge in [0, 0.05) is 44.4 Å². The molecule has 0 aliphatic rings. The predicted molar refractivity (Wildman–Crippen MR) is 228 cm³/mol. The molecule has 8 aromatic carbocycles. The average Bonchev–Trinajstić information content (AvgIpc) is 4.03. The van der Waals surface area contributed by atoms with E-state index in [1.165, 1.54) is 21.5 Å². The van der Waals surface area contributed by atoms with Crippen LogP contribution in [-0.2, 0) is 0 Å². The van der Waals surface area contributed by atoms with Gasteiger partial charge in [-0.2, -0.15) is 0 Å². The Morgan fingerprint density at radius 1 is 0.375 bits per heavy atom. The Balaban J connectivity index is 1.08. The van der Waals surface area contributed by atoms with Crippen LogP contribution in [0.15, 0.2) is 192 Å². The third-order valence-corrected chi connectivity index (χ3v) is 11.1. The highest BCUT2D eigenvalue weighted by atomic mass is 16.3. The number of rotatable bonds is 5. The summed E-state index contributed by atoms with van der Waals surface area (Å²) in [6, 6.07) is 65.9. The maximum absolute atomic E-state index is 6.82. The van der Waals surface area contributed by atoms with Crippen molar-refractivity contribution in [2.24, 2.45) is 0 Å².